The molecular formula is C11H11BrN2O2. The van der Waals surface area contributed by atoms with Crippen molar-refractivity contribution in [1.29, 1.82) is 5.26 Å². The Morgan fingerprint density at radius 1 is 1.50 bits per heavy atom. The van der Waals surface area contributed by atoms with E-state index < -0.39 is 12.0 Å². The third kappa shape index (κ3) is 4.01. The molecule has 0 bridgehead atoms. The van der Waals surface area contributed by atoms with E-state index in [2.05, 4.69) is 27.3 Å². The lowest BCUT2D eigenvalue weighted by atomic mass is 10.1. The van der Waals surface area contributed by atoms with Crippen LogP contribution in [0.3, 0.4) is 0 Å². The lowest BCUT2D eigenvalue weighted by Crippen LogP contribution is -2.22. The van der Waals surface area contributed by atoms with Gasteiger partial charge in [-0.2, -0.15) is 5.26 Å². The Kier molecular flexibility index (Phi) is 4.96. The quantitative estimate of drug-likeness (QED) is 0.867. The summed E-state index contributed by atoms with van der Waals surface area (Å²) in [6.45, 7) is 0.281. The molecule has 0 heterocycles. The van der Waals surface area contributed by atoms with Crippen molar-refractivity contribution in [3.05, 3.63) is 34.3 Å². The van der Waals surface area contributed by atoms with Crippen molar-refractivity contribution in [1.82, 2.24) is 5.32 Å². The van der Waals surface area contributed by atoms with E-state index in [0.717, 1.165) is 10.0 Å². The van der Waals surface area contributed by atoms with E-state index in [1.807, 2.05) is 24.3 Å². The fourth-order valence-electron chi connectivity index (χ4n) is 1.22. The van der Waals surface area contributed by atoms with E-state index in [1.54, 1.807) is 0 Å². The first-order valence-electron chi connectivity index (χ1n) is 4.73. The van der Waals surface area contributed by atoms with Crippen molar-refractivity contribution in [2.45, 2.75) is 12.5 Å². The van der Waals surface area contributed by atoms with Gasteiger partial charge in [0.05, 0.1) is 12.5 Å². The number of halogens is 1. The molecule has 16 heavy (non-hydrogen) atoms. The van der Waals surface area contributed by atoms with Crippen molar-refractivity contribution in [3.63, 3.8) is 0 Å². The minimum absolute atomic E-state index is 0.00864. The highest BCUT2D eigenvalue weighted by atomic mass is 79.9. The monoisotopic (exact) mass is 282 g/mol. The Hall–Kier alpha value is -1.38. The summed E-state index contributed by atoms with van der Waals surface area (Å²) in [6.07, 6.45) is 0.00864. The van der Waals surface area contributed by atoms with Gasteiger partial charge in [0.15, 0.2) is 0 Å². The second-order valence-electron chi connectivity index (χ2n) is 3.21. The van der Waals surface area contributed by atoms with Gasteiger partial charge in [-0.1, -0.05) is 28.1 Å². The molecule has 0 aromatic heterocycles. The maximum atomic E-state index is 10.3. The van der Waals surface area contributed by atoms with Gasteiger partial charge < -0.3 is 5.11 Å². The lowest BCUT2D eigenvalue weighted by Gasteiger charge is -2.10. The molecule has 0 saturated heterocycles. The Morgan fingerprint density at radius 3 is 2.62 bits per heavy atom. The summed E-state index contributed by atoms with van der Waals surface area (Å²) in [4.78, 5) is 10.3. The second kappa shape index (κ2) is 6.26. The van der Waals surface area contributed by atoms with Crippen molar-refractivity contribution in [3.8, 4) is 6.07 Å². The molecule has 2 N–H and O–H groups in total. The second-order valence-corrected chi connectivity index (χ2v) is 4.13. The van der Waals surface area contributed by atoms with Crippen molar-refractivity contribution >= 4 is 21.9 Å². The van der Waals surface area contributed by atoms with Gasteiger partial charge in [0.2, 0.25) is 0 Å². The first-order chi connectivity index (χ1) is 7.63. The molecule has 1 unspecified atom stereocenters. The number of carboxylic acid groups (broad SMARTS) is 1. The predicted molar refractivity (Wildman–Crippen MR) is 62.8 cm³/mol. The molecule has 0 radical (unpaired) electrons. The molecule has 1 atom stereocenters. The number of nitrogens with zero attached hydrogens (tertiary/aromatic N) is 1. The van der Waals surface area contributed by atoms with Crippen LogP contribution in [0.2, 0.25) is 0 Å². The van der Waals surface area contributed by atoms with Gasteiger partial charge in [0, 0.05) is 11.0 Å². The van der Waals surface area contributed by atoms with E-state index in [0.29, 0.717) is 0 Å². The molecule has 1 aromatic rings. The van der Waals surface area contributed by atoms with Gasteiger partial charge in [0.1, 0.15) is 6.04 Å². The molecule has 0 aliphatic heterocycles. The van der Waals surface area contributed by atoms with Crippen LogP contribution >= 0.6 is 15.9 Å². The molecule has 1 rings (SSSR count). The number of nitrogens with one attached hydrogen (secondary N) is 1. The fourth-order valence-corrected chi connectivity index (χ4v) is 1.48. The summed E-state index contributed by atoms with van der Waals surface area (Å²) in [6, 6.07) is 8.97. The molecule has 5 heteroatoms. The largest absolute Gasteiger partial charge is 0.481 e. The van der Waals surface area contributed by atoms with Gasteiger partial charge >= 0.3 is 5.97 Å². The summed E-state index contributed by atoms with van der Waals surface area (Å²) in [7, 11) is 0. The van der Waals surface area contributed by atoms with E-state index in [1.165, 1.54) is 0 Å². The Bertz CT molecular complexity index is 397. The zero-order valence-corrected chi connectivity index (χ0v) is 10.1. The first-order valence-corrected chi connectivity index (χ1v) is 5.53. The van der Waals surface area contributed by atoms with Gasteiger partial charge in [-0.15, -0.1) is 0 Å². The average Bonchev–Trinajstić information content (AvgIpc) is 2.26. The molecule has 0 aliphatic carbocycles. The van der Waals surface area contributed by atoms with Crippen LogP contribution in [0.4, 0.5) is 0 Å². The summed E-state index contributed by atoms with van der Waals surface area (Å²) in [5.74, 6) is -0.875. The molecule has 4 nitrogen and oxygen atoms in total. The van der Waals surface area contributed by atoms with Gasteiger partial charge in [-0.25, -0.2) is 0 Å². The third-order valence-corrected chi connectivity index (χ3v) is 2.55. The highest BCUT2D eigenvalue weighted by Gasteiger charge is 2.09. The van der Waals surface area contributed by atoms with Crippen LogP contribution in [-0.4, -0.2) is 17.6 Å². The van der Waals surface area contributed by atoms with E-state index in [4.69, 9.17) is 10.4 Å². The summed E-state index contributed by atoms with van der Waals surface area (Å²) >= 11 is 3.31. The van der Waals surface area contributed by atoms with Crippen molar-refractivity contribution in [2.75, 3.05) is 6.54 Å². The Labute approximate surface area is 102 Å². The standard InChI is InChI=1S/C11H11BrN2O2/c12-9-3-1-8(2-4-9)10(7-13)14-6-5-11(15)16/h1-4,10,14H,5-6H2,(H,15,16). The number of carboxylic acids is 1. The number of aliphatic carboxylic acids is 1. The maximum absolute atomic E-state index is 10.3. The van der Waals surface area contributed by atoms with Gasteiger partial charge in [-0.05, 0) is 17.7 Å². The fraction of sp³-hybridized carbons (Fsp3) is 0.273. The van der Waals surface area contributed by atoms with Crippen LogP contribution in [0.5, 0.6) is 0 Å². The summed E-state index contributed by atoms with van der Waals surface area (Å²) in [5.41, 5.74) is 0.830. The topological polar surface area (TPSA) is 73.1 Å². The van der Waals surface area contributed by atoms with E-state index >= 15 is 0 Å². The molecule has 1 aromatic carbocycles. The molecule has 84 valence electrons. The molecule has 0 spiro atoms. The van der Waals surface area contributed by atoms with E-state index in [9.17, 15) is 4.79 Å². The van der Waals surface area contributed by atoms with Crippen LogP contribution in [0.15, 0.2) is 28.7 Å². The first kappa shape index (κ1) is 12.7. The smallest absolute Gasteiger partial charge is 0.304 e. The van der Waals surface area contributed by atoms with Crippen LogP contribution < -0.4 is 5.32 Å². The molecular weight excluding hydrogens is 272 g/mol. The number of hydrogen-bond acceptors (Lipinski definition) is 3. The SMILES string of the molecule is N#CC(NCCC(=O)O)c1ccc(Br)cc1. The number of rotatable bonds is 5. The van der Waals surface area contributed by atoms with Crippen LogP contribution in [0, 0.1) is 11.3 Å². The Balaban J connectivity index is 2.58. The van der Waals surface area contributed by atoms with Gasteiger partial charge in [0.25, 0.3) is 0 Å². The number of benzene rings is 1. The third-order valence-electron chi connectivity index (χ3n) is 2.02. The molecule has 0 saturated carbocycles. The summed E-state index contributed by atoms with van der Waals surface area (Å²) in [5, 5.41) is 20.3. The predicted octanol–water partition coefficient (Wildman–Crippen LogP) is 2.08. The van der Waals surface area contributed by atoms with Gasteiger partial charge in [-0.3, -0.25) is 10.1 Å². The molecule has 0 amide bonds. The average molecular weight is 283 g/mol. The van der Waals surface area contributed by atoms with E-state index in [-0.39, 0.29) is 13.0 Å². The van der Waals surface area contributed by atoms with Crippen LogP contribution in [-0.2, 0) is 4.79 Å². The molecule has 0 fully saturated rings. The van der Waals surface area contributed by atoms with Crippen molar-refractivity contribution < 1.29 is 9.90 Å². The maximum Gasteiger partial charge on any atom is 0.304 e. The minimum atomic E-state index is -0.875. The molecule has 0 aliphatic rings. The van der Waals surface area contributed by atoms with Crippen molar-refractivity contribution in [2.24, 2.45) is 0 Å². The number of carbonyl (C=O) groups is 1. The van der Waals surface area contributed by atoms with Crippen LogP contribution in [0.1, 0.15) is 18.0 Å². The number of hydrogen-bond donors (Lipinski definition) is 2. The zero-order chi connectivity index (χ0) is 12.0. The minimum Gasteiger partial charge on any atom is -0.481 e. The highest BCUT2D eigenvalue weighted by Crippen LogP contribution is 2.16. The number of nitriles is 1. The summed E-state index contributed by atoms with van der Waals surface area (Å²) < 4.78 is 0.943. The normalized spacial score (nSPS) is 11.8. The Morgan fingerprint density at radius 2 is 2.12 bits per heavy atom. The van der Waals surface area contributed by atoms with Crippen LogP contribution in [0.25, 0.3) is 0 Å². The highest BCUT2D eigenvalue weighted by molar-refractivity contribution is 9.10. The zero-order valence-electron chi connectivity index (χ0n) is 8.48. The lowest BCUT2D eigenvalue weighted by molar-refractivity contribution is -0.136.